The first-order chi connectivity index (χ1) is 19.7. The number of anilines is 1. The van der Waals surface area contributed by atoms with Crippen LogP contribution in [0.3, 0.4) is 0 Å². The molecule has 3 aromatic rings. The minimum absolute atomic E-state index is 0.0524. The van der Waals surface area contributed by atoms with Crippen molar-refractivity contribution in [3.05, 3.63) is 90.0 Å². The summed E-state index contributed by atoms with van der Waals surface area (Å²) in [6.45, 7) is 6.02. The summed E-state index contributed by atoms with van der Waals surface area (Å²) in [6, 6.07) is 22.2. The van der Waals surface area contributed by atoms with Crippen LogP contribution < -0.4 is 14.4 Å². The van der Waals surface area contributed by atoms with Gasteiger partial charge in [0.05, 0.1) is 17.7 Å². The molecular formula is C32H41N3O5S. The van der Waals surface area contributed by atoms with Gasteiger partial charge in [-0.05, 0) is 61.6 Å². The molecule has 41 heavy (non-hydrogen) atoms. The van der Waals surface area contributed by atoms with E-state index in [0.29, 0.717) is 25.1 Å². The summed E-state index contributed by atoms with van der Waals surface area (Å²) in [7, 11) is -2.70. The van der Waals surface area contributed by atoms with Gasteiger partial charge in [0.15, 0.2) is 0 Å². The second kappa shape index (κ2) is 15.2. The van der Waals surface area contributed by atoms with Crippen LogP contribution in [-0.4, -0.2) is 57.9 Å². The SMILES string of the molecule is CCCCNC(=O)[C@H](CC)N(CCc1ccccc1)C(=O)CN(c1cc(C)ccc1OC)S(=O)(=O)c1ccccc1. The fraction of sp³-hybridized carbons (Fsp3) is 0.375. The maximum Gasteiger partial charge on any atom is 0.264 e. The highest BCUT2D eigenvalue weighted by Gasteiger charge is 2.34. The number of rotatable bonds is 15. The Morgan fingerprint density at radius 2 is 1.61 bits per heavy atom. The van der Waals surface area contributed by atoms with Crippen LogP contribution in [0.5, 0.6) is 5.75 Å². The Balaban J connectivity index is 2.04. The first kappa shape index (κ1) is 31.7. The molecule has 0 unspecified atom stereocenters. The molecule has 9 heteroatoms. The van der Waals surface area contributed by atoms with Gasteiger partial charge in [-0.1, -0.05) is 74.9 Å². The molecule has 3 aromatic carbocycles. The Bertz CT molecular complexity index is 1380. The zero-order valence-corrected chi connectivity index (χ0v) is 25.2. The number of sulfonamides is 1. The number of hydrogen-bond donors (Lipinski definition) is 1. The van der Waals surface area contributed by atoms with Crippen molar-refractivity contribution in [2.75, 3.05) is 31.0 Å². The minimum Gasteiger partial charge on any atom is -0.495 e. The van der Waals surface area contributed by atoms with Crippen molar-refractivity contribution in [1.29, 1.82) is 0 Å². The highest BCUT2D eigenvalue weighted by molar-refractivity contribution is 7.92. The third-order valence-electron chi connectivity index (χ3n) is 6.91. The molecule has 0 heterocycles. The average Bonchev–Trinajstić information content (AvgIpc) is 2.98. The Kier molecular flexibility index (Phi) is 11.8. The van der Waals surface area contributed by atoms with Gasteiger partial charge in [0.2, 0.25) is 11.8 Å². The molecular weight excluding hydrogens is 538 g/mol. The number of carbonyl (C=O) groups excluding carboxylic acids is 2. The molecule has 0 saturated heterocycles. The number of nitrogens with zero attached hydrogens (tertiary/aromatic N) is 2. The summed E-state index contributed by atoms with van der Waals surface area (Å²) in [5, 5.41) is 2.95. The van der Waals surface area contributed by atoms with Crippen LogP contribution in [0.1, 0.15) is 44.2 Å². The van der Waals surface area contributed by atoms with Gasteiger partial charge < -0.3 is 15.0 Å². The van der Waals surface area contributed by atoms with Crippen LogP contribution in [0.25, 0.3) is 0 Å². The molecule has 0 aliphatic heterocycles. The van der Waals surface area contributed by atoms with Crippen LogP contribution in [0.2, 0.25) is 0 Å². The Morgan fingerprint density at radius 1 is 0.951 bits per heavy atom. The minimum atomic E-state index is -4.16. The predicted octanol–water partition coefficient (Wildman–Crippen LogP) is 4.97. The fourth-order valence-corrected chi connectivity index (χ4v) is 6.07. The molecule has 0 aliphatic carbocycles. The number of amides is 2. The first-order valence-electron chi connectivity index (χ1n) is 14.1. The molecule has 0 fully saturated rings. The van der Waals surface area contributed by atoms with Gasteiger partial charge in [-0.15, -0.1) is 0 Å². The van der Waals surface area contributed by atoms with E-state index in [0.717, 1.165) is 28.3 Å². The lowest BCUT2D eigenvalue weighted by Gasteiger charge is -2.33. The molecule has 0 saturated carbocycles. The maximum absolute atomic E-state index is 14.1. The van der Waals surface area contributed by atoms with E-state index in [9.17, 15) is 18.0 Å². The van der Waals surface area contributed by atoms with Gasteiger partial charge in [0, 0.05) is 13.1 Å². The van der Waals surface area contributed by atoms with Crippen molar-refractivity contribution in [2.24, 2.45) is 0 Å². The van der Waals surface area contributed by atoms with Gasteiger partial charge in [-0.2, -0.15) is 0 Å². The average molecular weight is 580 g/mol. The first-order valence-corrected chi connectivity index (χ1v) is 15.5. The molecule has 0 aromatic heterocycles. The number of unbranched alkanes of at least 4 members (excludes halogenated alkanes) is 1. The van der Waals surface area contributed by atoms with Crippen molar-refractivity contribution in [3.8, 4) is 5.75 Å². The fourth-order valence-electron chi connectivity index (χ4n) is 4.63. The molecule has 0 spiro atoms. The topological polar surface area (TPSA) is 96.0 Å². The van der Waals surface area contributed by atoms with E-state index in [2.05, 4.69) is 5.32 Å². The van der Waals surface area contributed by atoms with Crippen molar-refractivity contribution in [1.82, 2.24) is 10.2 Å². The summed E-state index contributed by atoms with van der Waals surface area (Å²) in [4.78, 5) is 29.0. The number of aryl methyl sites for hydroxylation is 1. The molecule has 0 bridgehead atoms. The van der Waals surface area contributed by atoms with Crippen LogP contribution in [-0.2, 0) is 26.0 Å². The van der Waals surface area contributed by atoms with Crippen molar-refractivity contribution in [2.45, 2.75) is 57.4 Å². The van der Waals surface area contributed by atoms with Crippen LogP contribution in [0.15, 0.2) is 83.8 Å². The molecule has 3 rings (SSSR count). The van der Waals surface area contributed by atoms with Crippen LogP contribution in [0.4, 0.5) is 5.69 Å². The van der Waals surface area contributed by atoms with Crippen LogP contribution in [0, 0.1) is 6.92 Å². The van der Waals surface area contributed by atoms with E-state index in [1.807, 2.05) is 57.2 Å². The second-order valence-electron chi connectivity index (χ2n) is 9.89. The van der Waals surface area contributed by atoms with Crippen molar-refractivity contribution < 1.29 is 22.7 Å². The van der Waals surface area contributed by atoms with E-state index >= 15 is 0 Å². The van der Waals surface area contributed by atoms with Gasteiger partial charge in [-0.25, -0.2) is 8.42 Å². The molecule has 8 nitrogen and oxygen atoms in total. The number of carbonyl (C=O) groups is 2. The summed E-state index contributed by atoms with van der Waals surface area (Å²) < 4.78 is 34.7. The number of benzene rings is 3. The lowest BCUT2D eigenvalue weighted by Crippen LogP contribution is -2.53. The quantitative estimate of drug-likeness (QED) is 0.257. The van der Waals surface area contributed by atoms with E-state index < -0.39 is 28.5 Å². The van der Waals surface area contributed by atoms with Crippen molar-refractivity contribution in [3.63, 3.8) is 0 Å². The van der Waals surface area contributed by atoms with Gasteiger partial charge in [0.1, 0.15) is 18.3 Å². The summed E-state index contributed by atoms with van der Waals surface area (Å²) >= 11 is 0. The lowest BCUT2D eigenvalue weighted by molar-refractivity contribution is -0.139. The monoisotopic (exact) mass is 579 g/mol. The molecule has 2 amide bonds. The number of nitrogens with one attached hydrogen (secondary N) is 1. The molecule has 220 valence electrons. The summed E-state index contributed by atoms with van der Waals surface area (Å²) in [5.41, 5.74) is 2.08. The number of ether oxygens (including phenoxy) is 1. The smallest absolute Gasteiger partial charge is 0.264 e. The maximum atomic E-state index is 14.1. The Hall–Kier alpha value is -3.85. The molecule has 1 atom stereocenters. The predicted molar refractivity (Wildman–Crippen MR) is 163 cm³/mol. The largest absolute Gasteiger partial charge is 0.495 e. The highest BCUT2D eigenvalue weighted by Crippen LogP contribution is 2.33. The lowest BCUT2D eigenvalue weighted by atomic mass is 10.1. The van der Waals surface area contributed by atoms with Gasteiger partial charge in [-0.3, -0.25) is 13.9 Å². The van der Waals surface area contributed by atoms with Gasteiger partial charge in [0.25, 0.3) is 10.0 Å². The third kappa shape index (κ3) is 8.33. The van der Waals surface area contributed by atoms with E-state index in [1.54, 1.807) is 30.3 Å². The van der Waals surface area contributed by atoms with E-state index in [1.165, 1.54) is 24.1 Å². The Morgan fingerprint density at radius 3 is 2.22 bits per heavy atom. The standard InChI is InChI=1S/C32H41N3O5S/c1-5-7-21-33-32(37)28(6-2)34(22-20-26-14-10-8-11-15-26)31(36)24-35(29-23-25(3)18-19-30(29)40-4)41(38,39)27-16-12-9-13-17-27/h8-19,23,28H,5-7,20-22,24H2,1-4H3,(H,33,37)/t28-/m0/s1. The van der Waals surface area contributed by atoms with E-state index in [4.69, 9.17) is 4.74 Å². The number of hydrogen-bond acceptors (Lipinski definition) is 5. The van der Waals surface area contributed by atoms with Crippen LogP contribution >= 0.6 is 0 Å². The highest BCUT2D eigenvalue weighted by atomic mass is 32.2. The zero-order chi connectivity index (χ0) is 29.8. The third-order valence-corrected chi connectivity index (χ3v) is 8.69. The molecule has 0 radical (unpaired) electrons. The molecule has 0 aliphatic rings. The van der Waals surface area contributed by atoms with Crippen molar-refractivity contribution >= 4 is 27.5 Å². The van der Waals surface area contributed by atoms with Gasteiger partial charge >= 0.3 is 0 Å². The molecule has 1 N–H and O–H groups in total. The number of methoxy groups -OCH3 is 1. The van der Waals surface area contributed by atoms with E-state index in [-0.39, 0.29) is 23.0 Å². The Labute approximate surface area is 244 Å². The second-order valence-corrected chi connectivity index (χ2v) is 11.8. The summed E-state index contributed by atoms with van der Waals surface area (Å²) in [5.74, 6) is -0.391. The zero-order valence-electron chi connectivity index (χ0n) is 24.4. The normalized spacial score (nSPS) is 11.9. The summed E-state index contributed by atoms with van der Waals surface area (Å²) in [6.07, 6.45) is 2.66.